The van der Waals surface area contributed by atoms with Gasteiger partial charge in [-0.2, -0.15) is 5.26 Å². The molecule has 0 radical (unpaired) electrons. The molecule has 15 heteroatoms. The lowest BCUT2D eigenvalue weighted by Gasteiger charge is -2.19. The molecule has 2 fully saturated rings. The van der Waals surface area contributed by atoms with E-state index in [4.69, 9.17) is 30.5 Å². The molecule has 2 aliphatic rings. The molecule has 0 bridgehead atoms. The molecule has 0 aliphatic carbocycles. The van der Waals surface area contributed by atoms with Gasteiger partial charge in [-0.05, 0) is 73.0 Å². The van der Waals surface area contributed by atoms with Crippen molar-refractivity contribution in [2.75, 3.05) is 29.6 Å². The molecule has 49 heavy (non-hydrogen) atoms. The molecule has 6 rings (SSSR count). The van der Waals surface area contributed by atoms with E-state index in [1.165, 1.54) is 18.3 Å². The van der Waals surface area contributed by atoms with Gasteiger partial charge in [-0.1, -0.05) is 23.7 Å². The summed E-state index contributed by atoms with van der Waals surface area (Å²) in [5, 5.41) is 16.6. The van der Waals surface area contributed by atoms with Crippen LogP contribution in [0.4, 0.5) is 21.5 Å². The lowest BCUT2D eigenvalue weighted by Crippen LogP contribution is -2.25. The molecule has 1 aromatic heterocycles. The monoisotopic (exact) mass is 726 g/mol. The van der Waals surface area contributed by atoms with Crippen LogP contribution >= 0.6 is 22.4 Å². The number of benzene rings is 3. The molecule has 3 heterocycles. The van der Waals surface area contributed by atoms with Crippen LogP contribution in [0.2, 0.25) is 5.02 Å². The SMILES string of the molecule is CC1(C)OC[C@@H](COc2cc3ncc(C#N)c(Nc4ccc(OCc5cccc(F)c5)c(Cl)c4)c3cc2NC(=O)C[C@@H]2CCS(=O)(=O)S2)O1. The normalized spacial score (nSPS) is 19.3. The van der Waals surface area contributed by atoms with Crippen LogP contribution in [0.1, 0.15) is 37.8 Å². The highest BCUT2D eigenvalue weighted by Gasteiger charge is 2.34. The van der Waals surface area contributed by atoms with Gasteiger partial charge in [-0.3, -0.25) is 9.78 Å². The van der Waals surface area contributed by atoms with Crippen LogP contribution < -0.4 is 20.1 Å². The molecule has 0 unspecified atom stereocenters. The maximum Gasteiger partial charge on any atom is 0.225 e. The fraction of sp³-hybridized carbons (Fsp3) is 0.324. The lowest BCUT2D eigenvalue weighted by molar-refractivity contribution is -0.141. The summed E-state index contributed by atoms with van der Waals surface area (Å²) in [7, 11) is -2.42. The fourth-order valence-electron chi connectivity index (χ4n) is 5.44. The third-order valence-electron chi connectivity index (χ3n) is 7.73. The Hall–Kier alpha value is -4.13. The average Bonchev–Trinajstić information content (AvgIpc) is 3.58. The van der Waals surface area contributed by atoms with Gasteiger partial charge in [0.2, 0.25) is 14.8 Å². The second-order valence-corrected chi connectivity index (χ2v) is 16.9. The van der Waals surface area contributed by atoms with Crippen LogP contribution in [0.5, 0.6) is 11.5 Å². The summed E-state index contributed by atoms with van der Waals surface area (Å²) in [5.41, 5.74) is 2.60. The van der Waals surface area contributed by atoms with Crippen molar-refractivity contribution in [3.05, 3.63) is 82.8 Å². The smallest absolute Gasteiger partial charge is 0.225 e. The Morgan fingerprint density at radius 1 is 1.18 bits per heavy atom. The maximum atomic E-state index is 13.6. The number of aromatic nitrogens is 1. The average molecular weight is 727 g/mol. The summed E-state index contributed by atoms with van der Waals surface area (Å²) in [6, 6.07) is 16.6. The number of carbonyl (C=O) groups is 1. The minimum atomic E-state index is -3.24. The summed E-state index contributed by atoms with van der Waals surface area (Å²) in [6.07, 6.45) is 1.45. The molecule has 11 nitrogen and oxygen atoms in total. The Balaban J connectivity index is 1.28. The molecule has 256 valence electrons. The van der Waals surface area contributed by atoms with E-state index in [2.05, 4.69) is 21.7 Å². The highest BCUT2D eigenvalue weighted by Crippen LogP contribution is 2.39. The zero-order valence-corrected chi connectivity index (χ0v) is 28.9. The lowest BCUT2D eigenvalue weighted by atomic mass is 10.1. The molecular weight excluding hydrogens is 695 g/mol. The van der Waals surface area contributed by atoms with Crippen molar-refractivity contribution in [2.24, 2.45) is 0 Å². The Labute approximate surface area is 291 Å². The van der Waals surface area contributed by atoms with Gasteiger partial charge in [0.05, 0.1) is 39.8 Å². The van der Waals surface area contributed by atoms with Crippen LogP contribution in [-0.2, 0) is 29.7 Å². The summed E-state index contributed by atoms with van der Waals surface area (Å²) in [4.78, 5) is 17.7. The highest BCUT2D eigenvalue weighted by atomic mass is 35.5. The Bertz CT molecular complexity index is 2060. The second-order valence-electron chi connectivity index (χ2n) is 12.0. The summed E-state index contributed by atoms with van der Waals surface area (Å²) >= 11 is 6.54. The van der Waals surface area contributed by atoms with E-state index < -0.39 is 14.7 Å². The van der Waals surface area contributed by atoms with Gasteiger partial charge in [-0.25, -0.2) is 12.8 Å². The number of hydrogen-bond donors (Lipinski definition) is 2. The van der Waals surface area contributed by atoms with Gasteiger partial charge in [0, 0.05) is 35.0 Å². The number of hydrogen-bond acceptors (Lipinski definition) is 11. The van der Waals surface area contributed by atoms with Crippen LogP contribution in [0.15, 0.2) is 60.8 Å². The van der Waals surface area contributed by atoms with Gasteiger partial charge >= 0.3 is 0 Å². The summed E-state index contributed by atoms with van der Waals surface area (Å²) in [5.74, 6) is -0.779. The number of amides is 1. The van der Waals surface area contributed by atoms with Crippen molar-refractivity contribution >= 4 is 65.1 Å². The van der Waals surface area contributed by atoms with E-state index in [1.807, 2.05) is 13.8 Å². The van der Waals surface area contributed by atoms with Crippen molar-refractivity contribution in [1.29, 1.82) is 5.26 Å². The van der Waals surface area contributed by atoms with Crippen LogP contribution in [0, 0.1) is 17.1 Å². The molecule has 2 saturated heterocycles. The first-order valence-corrected chi connectivity index (χ1v) is 18.7. The third kappa shape index (κ3) is 8.73. The van der Waals surface area contributed by atoms with E-state index >= 15 is 0 Å². The maximum absolute atomic E-state index is 13.6. The van der Waals surface area contributed by atoms with Crippen molar-refractivity contribution in [3.63, 3.8) is 0 Å². The zero-order chi connectivity index (χ0) is 34.8. The van der Waals surface area contributed by atoms with Gasteiger partial charge < -0.3 is 29.6 Å². The number of fused-ring (bicyclic) bond motifs is 1. The second kappa shape index (κ2) is 14.4. The van der Waals surface area contributed by atoms with Gasteiger partial charge in [-0.15, -0.1) is 0 Å². The van der Waals surface area contributed by atoms with Crippen molar-refractivity contribution in [1.82, 2.24) is 4.98 Å². The molecule has 4 aromatic rings. The predicted octanol–water partition coefficient (Wildman–Crippen LogP) is 6.92. The largest absolute Gasteiger partial charge is 0.489 e. The standard InChI is InChI=1S/C34H32ClFN4O7S2/c1-34(2)46-19-24(47-34)18-45-31-14-28-26(13-29(31)40-32(41)12-25-8-9-49(42,43)48-25)33(21(15-37)16-38-28)39-23-6-7-30(27(35)11-23)44-17-20-4-3-5-22(36)10-20/h3-7,10-11,13-14,16,24-25H,8-9,12,17-19H2,1-2H3,(H,38,39)(H,40,41)/t24-,25+/m1/s1. The molecular formula is C34H32ClFN4O7S2. The molecule has 0 spiro atoms. The van der Waals surface area contributed by atoms with Crippen molar-refractivity contribution in [2.45, 2.75) is 50.4 Å². The Kier molecular flexibility index (Phi) is 10.2. The summed E-state index contributed by atoms with van der Waals surface area (Å²) < 4.78 is 60.9. The molecule has 2 aliphatic heterocycles. The van der Waals surface area contributed by atoms with Crippen LogP contribution in [0.25, 0.3) is 10.9 Å². The van der Waals surface area contributed by atoms with E-state index in [0.717, 1.165) is 10.8 Å². The number of carbonyl (C=O) groups excluding carboxylic acids is 1. The van der Waals surface area contributed by atoms with Crippen molar-refractivity contribution < 1.29 is 36.6 Å². The minimum absolute atomic E-state index is 0.0110. The number of halogens is 2. The first kappa shape index (κ1) is 34.7. The molecule has 1 amide bonds. The number of nitriles is 1. The molecule has 0 saturated carbocycles. The highest BCUT2D eigenvalue weighted by molar-refractivity contribution is 8.72. The van der Waals surface area contributed by atoms with E-state index in [1.54, 1.807) is 42.5 Å². The van der Waals surface area contributed by atoms with E-state index in [0.29, 0.717) is 58.1 Å². The molecule has 2 atom stereocenters. The van der Waals surface area contributed by atoms with Crippen LogP contribution in [0.3, 0.4) is 0 Å². The number of rotatable bonds is 11. The van der Waals surface area contributed by atoms with Gasteiger partial charge in [0.25, 0.3) is 0 Å². The topological polar surface area (TPSA) is 149 Å². The van der Waals surface area contributed by atoms with E-state index in [9.17, 15) is 22.9 Å². The minimum Gasteiger partial charge on any atom is -0.489 e. The first-order chi connectivity index (χ1) is 23.4. The Morgan fingerprint density at radius 3 is 2.71 bits per heavy atom. The summed E-state index contributed by atoms with van der Waals surface area (Å²) in [6.45, 7) is 4.18. The third-order valence-corrected chi connectivity index (χ3v) is 11.9. The number of anilines is 3. The van der Waals surface area contributed by atoms with Crippen molar-refractivity contribution in [3.8, 4) is 17.6 Å². The molecule has 3 aromatic carbocycles. The number of ether oxygens (including phenoxy) is 4. The number of pyridine rings is 1. The van der Waals surface area contributed by atoms with Crippen LogP contribution in [-0.4, -0.2) is 55.4 Å². The van der Waals surface area contributed by atoms with E-state index in [-0.39, 0.29) is 59.1 Å². The fourth-order valence-corrected chi connectivity index (χ4v) is 9.65. The van der Waals surface area contributed by atoms with Gasteiger partial charge in [0.15, 0.2) is 5.79 Å². The zero-order valence-electron chi connectivity index (χ0n) is 26.5. The Morgan fingerprint density at radius 2 is 2.02 bits per heavy atom. The molecule has 2 N–H and O–H groups in total. The van der Waals surface area contributed by atoms with Gasteiger partial charge in [0.1, 0.15) is 42.7 Å². The number of nitrogens with zero attached hydrogens (tertiary/aromatic N) is 2. The first-order valence-electron chi connectivity index (χ1n) is 15.3. The predicted molar refractivity (Wildman–Crippen MR) is 185 cm³/mol. The number of nitrogens with one attached hydrogen (secondary N) is 2. The quantitative estimate of drug-likeness (QED) is 0.155.